The molecule has 6 nitrogen and oxygen atoms in total. The molecule has 7 heteroatoms. The molecular formula is C12H17N3O3S. The summed E-state index contributed by atoms with van der Waals surface area (Å²) in [4.78, 5) is 26.1. The second-order valence-corrected chi connectivity index (χ2v) is 5.33. The first kappa shape index (κ1) is 13.7. The Hall–Kier alpha value is -1.76. The highest BCUT2D eigenvalue weighted by Crippen LogP contribution is 2.35. The van der Waals surface area contributed by atoms with E-state index in [1.54, 1.807) is 18.9 Å². The van der Waals surface area contributed by atoms with Crippen molar-refractivity contribution in [3.8, 4) is 0 Å². The SMILES string of the molecule is CCOC(=O)N1CCc2c(sc(N)c2C(=O)NC)C1. The molecule has 19 heavy (non-hydrogen) atoms. The molecule has 0 saturated carbocycles. The molecule has 0 aromatic carbocycles. The molecule has 104 valence electrons. The molecule has 0 unspecified atom stereocenters. The molecule has 0 radical (unpaired) electrons. The lowest BCUT2D eigenvalue weighted by atomic mass is 10.0. The fraction of sp³-hybridized carbons (Fsp3) is 0.500. The molecule has 0 fully saturated rings. The number of anilines is 1. The van der Waals surface area contributed by atoms with Crippen LogP contribution < -0.4 is 11.1 Å². The number of nitrogens with zero attached hydrogens (tertiary/aromatic N) is 1. The minimum absolute atomic E-state index is 0.167. The Bertz CT molecular complexity index is 513. The van der Waals surface area contributed by atoms with Gasteiger partial charge in [-0.25, -0.2) is 4.79 Å². The number of ether oxygens (including phenoxy) is 1. The van der Waals surface area contributed by atoms with Crippen LogP contribution in [0, 0.1) is 0 Å². The van der Waals surface area contributed by atoms with Crippen molar-refractivity contribution in [2.75, 3.05) is 25.9 Å². The van der Waals surface area contributed by atoms with Crippen LogP contribution in [0.1, 0.15) is 27.7 Å². The summed E-state index contributed by atoms with van der Waals surface area (Å²) in [5.41, 5.74) is 7.42. The summed E-state index contributed by atoms with van der Waals surface area (Å²) in [5.74, 6) is -0.167. The van der Waals surface area contributed by atoms with E-state index in [0.29, 0.717) is 36.7 Å². The Labute approximate surface area is 115 Å². The molecule has 0 bridgehead atoms. The van der Waals surface area contributed by atoms with Crippen LogP contribution in [0.15, 0.2) is 0 Å². The van der Waals surface area contributed by atoms with Crippen molar-refractivity contribution in [3.63, 3.8) is 0 Å². The van der Waals surface area contributed by atoms with Crippen LogP contribution in [0.3, 0.4) is 0 Å². The summed E-state index contributed by atoms with van der Waals surface area (Å²) in [6.45, 7) is 3.14. The van der Waals surface area contributed by atoms with Crippen molar-refractivity contribution in [3.05, 3.63) is 16.0 Å². The Morgan fingerprint density at radius 1 is 1.53 bits per heavy atom. The Balaban J connectivity index is 2.23. The van der Waals surface area contributed by atoms with E-state index < -0.39 is 0 Å². The van der Waals surface area contributed by atoms with E-state index in [1.165, 1.54) is 11.3 Å². The molecule has 1 aromatic heterocycles. The molecule has 2 heterocycles. The summed E-state index contributed by atoms with van der Waals surface area (Å²) in [6, 6.07) is 0. The molecule has 0 saturated heterocycles. The summed E-state index contributed by atoms with van der Waals surface area (Å²) in [6.07, 6.45) is 0.312. The van der Waals surface area contributed by atoms with E-state index in [2.05, 4.69) is 5.32 Å². The number of rotatable bonds is 2. The Kier molecular flexibility index (Phi) is 3.94. The molecule has 0 aliphatic carbocycles. The number of hydrogen-bond acceptors (Lipinski definition) is 5. The third kappa shape index (κ3) is 2.51. The lowest BCUT2D eigenvalue weighted by molar-refractivity contribution is 0.0962. The highest BCUT2D eigenvalue weighted by molar-refractivity contribution is 7.16. The first-order valence-corrected chi connectivity index (χ1v) is 6.93. The molecule has 1 aliphatic heterocycles. The number of thiophene rings is 1. The van der Waals surface area contributed by atoms with Crippen LogP contribution in [0.25, 0.3) is 0 Å². The average molecular weight is 283 g/mol. The number of hydrogen-bond donors (Lipinski definition) is 2. The second kappa shape index (κ2) is 5.48. The standard InChI is InChI=1S/C12H17N3O3S/c1-3-18-12(17)15-5-4-7-8(6-15)19-10(13)9(7)11(16)14-2/h3-6,13H2,1-2H3,(H,14,16). The minimum atomic E-state index is -0.318. The van der Waals surface area contributed by atoms with Crippen LogP contribution in [-0.2, 0) is 17.7 Å². The van der Waals surface area contributed by atoms with Gasteiger partial charge in [0, 0.05) is 18.5 Å². The van der Waals surface area contributed by atoms with Gasteiger partial charge >= 0.3 is 6.09 Å². The average Bonchev–Trinajstić information content (AvgIpc) is 2.73. The number of nitrogen functional groups attached to an aromatic ring is 1. The van der Waals surface area contributed by atoms with E-state index in [-0.39, 0.29) is 12.0 Å². The van der Waals surface area contributed by atoms with Crippen molar-refractivity contribution in [1.82, 2.24) is 10.2 Å². The zero-order chi connectivity index (χ0) is 14.0. The summed E-state index contributed by atoms with van der Waals surface area (Å²) >= 11 is 1.37. The van der Waals surface area contributed by atoms with Gasteiger partial charge in [-0.15, -0.1) is 11.3 Å². The van der Waals surface area contributed by atoms with Crippen LogP contribution in [0.2, 0.25) is 0 Å². The monoisotopic (exact) mass is 283 g/mol. The van der Waals surface area contributed by atoms with Gasteiger partial charge in [-0.1, -0.05) is 0 Å². The fourth-order valence-corrected chi connectivity index (χ4v) is 3.30. The maximum absolute atomic E-state index is 11.8. The van der Waals surface area contributed by atoms with Crippen LogP contribution >= 0.6 is 11.3 Å². The quantitative estimate of drug-likeness (QED) is 0.854. The maximum Gasteiger partial charge on any atom is 0.410 e. The molecule has 3 N–H and O–H groups in total. The van der Waals surface area contributed by atoms with E-state index >= 15 is 0 Å². The van der Waals surface area contributed by atoms with Crippen molar-refractivity contribution >= 4 is 28.3 Å². The zero-order valence-corrected chi connectivity index (χ0v) is 11.8. The van der Waals surface area contributed by atoms with Gasteiger partial charge in [0.2, 0.25) is 0 Å². The normalized spacial score (nSPS) is 13.9. The minimum Gasteiger partial charge on any atom is -0.450 e. The van der Waals surface area contributed by atoms with Crippen molar-refractivity contribution in [1.29, 1.82) is 0 Å². The first-order valence-electron chi connectivity index (χ1n) is 6.12. The Morgan fingerprint density at radius 2 is 2.26 bits per heavy atom. The van der Waals surface area contributed by atoms with Gasteiger partial charge < -0.3 is 20.7 Å². The number of amides is 2. The lowest BCUT2D eigenvalue weighted by Gasteiger charge is -2.26. The van der Waals surface area contributed by atoms with Gasteiger partial charge in [0.05, 0.1) is 23.7 Å². The lowest BCUT2D eigenvalue weighted by Crippen LogP contribution is -2.36. The molecule has 1 aromatic rings. The third-order valence-corrected chi connectivity index (χ3v) is 4.11. The third-order valence-electron chi connectivity index (χ3n) is 3.06. The largest absolute Gasteiger partial charge is 0.450 e. The number of carbonyl (C=O) groups excluding carboxylic acids is 2. The van der Waals surface area contributed by atoms with E-state index in [1.807, 2.05) is 0 Å². The van der Waals surface area contributed by atoms with Crippen molar-refractivity contribution in [2.45, 2.75) is 19.9 Å². The number of carbonyl (C=O) groups is 2. The zero-order valence-electron chi connectivity index (χ0n) is 11.0. The molecule has 0 atom stereocenters. The van der Waals surface area contributed by atoms with Gasteiger partial charge in [0.25, 0.3) is 5.91 Å². The smallest absolute Gasteiger partial charge is 0.410 e. The van der Waals surface area contributed by atoms with E-state index in [4.69, 9.17) is 10.5 Å². The van der Waals surface area contributed by atoms with Crippen LogP contribution in [-0.4, -0.2) is 37.1 Å². The predicted octanol–water partition coefficient (Wildman–Crippen LogP) is 1.20. The first-order chi connectivity index (χ1) is 9.08. The second-order valence-electron chi connectivity index (χ2n) is 4.19. The van der Waals surface area contributed by atoms with Crippen LogP contribution in [0.4, 0.5) is 9.80 Å². The summed E-state index contributed by atoms with van der Waals surface area (Å²) in [5, 5.41) is 3.10. The highest BCUT2D eigenvalue weighted by Gasteiger charge is 2.28. The molecular weight excluding hydrogens is 266 g/mol. The summed E-state index contributed by atoms with van der Waals surface area (Å²) in [7, 11) is 1.58. The predicted molar refractivity (Wildman–Crippen MR) is 73.3 cm³/mol. The Morgan fingerprint density at radius 3 is 2.89 bits per heavy atom. The van der Waals surface area contributed by atoms with Gasteiger partial charge in [0.15, 0.2) is 0 Å². The number of fused-ring (bicyclic) bond motifs is 1. The molecule has 2 amide bonds. The fourth-order valence-electron chi connectivity index (χ4n) is 2.17. The number of nitrogens with one attached hydrogen (secondary N) is 1. The van der Waals surface area contributed by atoms with Crippen molar-refractivity contribution < 1.29 is 14.3 Å². The van der Waals surface area contributed by atoms with Gasteiger partial charge in [-0.3, -0.25) is 4.79 Å². The summed E-state index contributed by atoms with van der Waals surface area (Å²) < 4.78 is 4.98. The highest BCUT2D eigenvalue weighted by atomic mass is 32.1. The maximum atomic E-state index is 11.8. The van der Waals surface area contributed by atoms with Crippen LogP contribution in [0.5, 0.6) is 0 Å². The molecule has 2 rings (SSSR count). The van der Waals surface area contributed by atoms with Gasteiger partial charge in [0.1, 0.15) is 0 Å². The molecule has 0 spiro atoms. The van der Waals surface area contributed by atoms with E-state index in [0.717, 1.165) is 10.4 Å². The van der Waals surface area contributed by atoms with Gasteiger partial charge in [-0.05, 0) is 18.9 Å². The number of nitrogens with two attached hydrogens (primary N) is 1. The van der Waals surface area contributed by atoms with Crippen molar-refractivity contribution in [2.24, 2.45) is 0 Å². The van der Waals surface area contributed by atoms with Gasteiger partial charge in [-0.2, -0.15) is 0 Å². The van der Waals surface area contributed by atoms with E-state index in [9.17, 15) is 9.59 Å². The topological polar surface area (TPSA) is 84.7 Å². The molecule has 1 aliphatic rings.